The van der Waals surface area contributed by atoms with Gasteiger partial charge in [0.15, 0.2) is 0 Å². The number of piperidine rings is 2. The predicted octanol–water partition coefficient (Wildman–Crippen LogP) is 3.38. The van der Waals surface area contributed by atoms with Gasteiger partial charge < -0.3 is 9.64 Å². The smallest absolute Gasteiger partial charge is 0.222 e. The highest BCUT2D eigenvalue weighted by atomic mass is 19.1. The molecule has 5 heteroatoms. The summed E-state index contributed by atoms with van der Waals surface area (Å²) in [6.45, 7) is 7.05. The maximum atomic E-state index is 13.9. The lowest BCUT2D eigenvalue weighted by molar-refractivity contribution is -0.139. The molecule has 2 aliphatic rings. The quantitative estimate of drug-likeness (QED) is 0.728. The minimum absolute atomic E-state index is 0.123. The van der Waals surface area contributed by atoms with Gasteiger partial charge in [0.05, 0.1) is 0 Å². The number of halogens is 1. The standard InChI is InChI=1S/C21H31FN2O2/c1-17-18(6-3-7-19(17)22)14-23-11-4-9-21(15-23)10-8-20(25)24(16-21)12-5-13-26-2/h3,6-7H,4-5,8-16H2,1-2H3/t21-/m1/s1. The number of hydrogen-bond acceptors (Lipinski definition) is 3. The summed E-state index contributed by atoms with van der Waals surface area (Å²) in [6, 6.07) is 5.36. The Hall–Kier alpha value is -1.46. The van der Waals surface area contributed by atoms with Crippen molar-refractivity contribution in [3.8, 4) is 0 Å². The van der Waals surface area contributed by atoms with Crippen LogP contribution in [0.3, 0.4) is 0 Å². The first-order valence-corrected chi connectivity index (χ1v) is 9.76. The van der Waals surface area contributed by atoms with Crippen molar-refractivity contribution >= 4 is 5.91 Å². The third-order valence-electron chi connectivity index (χ3n) is 6.04. The molecular weight excluding hydrogens is 331 g/mol. The first-order chi connectivity index (χ1) is 12.5. The highest BCUT2D eigenvalue weighted by Gasteiger charge is 2.41. The van der Waals surface area contributed by atoms with Crippen molar-refractivity contribution in [2.75, 3.05) is 39.9 Å². The molecule has 1 atom stereocenters. The van der Waals surface area contributed by atoms with Crippen molar-refractivity contribution in [2.45, 2.75) is 45.6 Å². The van der Waals surface area contributed by atoms with Crippen molar-refractivity contribution in [1.82, 2.24) is 9.80 Å². The van der Waals surface area contributed by atoms with Crippen LogP contribution < -0.4 is 0 Å². The maximum absolute atomic E-state index is 13.9. The fourth-order valence-corrected chi connectivity index (χ4v) is 4.55. The van der Waals surface area contributed by atoms with Gasteiger partial charge in [0.25, 0.3) is 0 Å². The second-order valence-corrected chi connectivity index (χ2v) is 8.00. The van der Waals surface area contributed by atoms with Crippen molar-refractivity contribution < 1.29 is 13.9 Å². The van der Waals surface area contributed by atoms with Crippen molar-refractivity contribution in [2.24, 2.45) is 5.41 Å². The van der Waals surface area contributed by atoms with Gasteiger partial charge in [-0.15, -0.1) is 0 Å². The molecule has 0 N–H and O–H groups in total. The molecule has 1 aromatic rings. The number of carbonyl (C=O) groups is 1. The number of likely N-dealkylation sites (tertiary alicyclic amines) is 2. The lowest BCUT2D eigenvalue weighted by Crippen LogP contribution is -2.54. The van der Waals surface area contributed by atoms with Crippen LogP contribution in [0.1, 0.15) is 43.2 Å². The number of methoxy groups -OCH3 is 1. The largest absolute Gasteiger partial charge is 0.385 e. The molecule has 0 aliphatic carbocycles. The minimum atomic E-state index is -0.123. The van der Waals surface area contributed by atoms with Crippen LogP contribution in [0.2, 0.25) is 0 Å². The lowest BCUT2D eigenvalue weighted by Gasteiger charge is -2.48. The Morgan fingerprint density at radius 2 is 2.12 bits per heavy atom. The summed E-state index contributed by atoms with van der Waals surface area (Å²) in [4.78, 5) is 16.8. The fourth-order valence-electron chi connectivity index (χ4n) is 4.55. The van der Waals surface area contributed by atoms with Crippen LogP contribution in [-0.2, 0) is 16.1 Å². The summed E-state index contributed by atoms with van der Waals surface area (Å²) in [5.74, 6) is 0.159. The summed E-state index contributed by atoms with van der Waals surface area (Å²) >= 11 is 0. The zero-order valence-corrected chi connectivity index (χ0v) is 16.1. The van der Waals surface area contributed by atoms with E-state index in [1.54, 1.807) is 13.2 Å². The van der Waals surface area contributed by atoms with Gasteiger partial charge in [0.1, 0.15) is 5.82 Å². The van der Waals surface area contributed by atoms with Crippen LogP contribution >= 0.6 is 0 Å². The molecule has 2 aliphatic heterocycles. The van der Waals surface area contributed by atoms with E-state index in [1.807, 2.05) is 17.9 Å². The Balaban J connectivity index is 1.65. The zero-order valence-electron chi connectivity index (χ0n) is 16.1. The van der Waals surface area contributed by atoms with E-state index in [2.05, 4.69) is 4.90 Å². The zero-order chi connectivity index (χ0) is 18.6. The normalized spacial score (nSPS) is 24.4. The van der Waals surface area contributed by atoms with Gasteiger partial charge in [0.2, 0.25) is 5.91 Å². The molecule has 144 valence electrons. The molecule has 1 aromatic carbocycles. The Morgan fingerprint density at radius 1 is 1.27 bits per heavy atom. The Morgan fingerprint density at radius 3 is 2.92 bits per heavy atom. The lowest BCUT2D eigenvalue weighted by atomic mass is 9.73. The van der Waals surface area contributed by atoms with E-state index >= 15 is 0 Å². The molecule has 0 bridgehead atoms. The van der Waals surface area contributed by atoms with E-state index in [-0.39, 0.29) is 17.1 Å². The molecule has 1 spiro atoms. The molecule has 2 heterocycles. The van der Waals surface area contributed by atoms with Gasteiger partial charge in [-0.25, -0.2) is 4.39 Å². The number of rotatable bonds is 6. The van der Waals surface area contributed by atoms with Gasteiger partial charge in [-0.1, -0.05) is 12.1 Å². The van der Waals surface area contributed by atoms with E-state index in [9.17, 15) is 9.18 Å². The number of ether oxygens (including phenoxy) is 1. The third kappa shape index (κ3) is 4.44. The number of benzene rings is 1. The monoisotopic (exact) mass is 362 g/mol. The molecule has 0 aromatic heterocycles. The molecule has 0 unspecified atom stereocenters. The molecule has 2 saturated heterocycles. The molecule has 1 amide bonds. The Bertz CT molecular complexity index is 636. The second kappa shape index (κ2) is 8.49. The topological polar surface area (TPSA) is 32.8 Å². The van der Waals surface area contributed by atoms with Crippen LogP contribution in [0.5, 0.6) is 0 Å². The molecule has 2 fully saturated rings. The van der Waals surface area contributed by atoms with Crippen LogP contribution in [0, 0.1) is 18.2 Å². The van der Waals surface area contributed by atoms with Crippen molar-refractivity contribution in [1.29, 1.82) is 0 Å². The summed E-state index contributed by atoms with van der Waals surface area (Å²) in [5, 5.41) is 0. The number of amides is 1. The van der Waals surface area contributed by atoms with Gasteiger partial charge in [0, 0.05) is 51.7 Å². The van der Waals surface area contributed by atoms with Crippen LogP contribution in [-0.4, -0.2) is 55.6 Å². The highest BCUT2D eigenvalue weighted by molar-refractivity contribution is 5.77. The first-order valence-electron chi connectivity index (χ1n) is 9.76. The van der Waals surface area contributed by atoms with Crippen LogP contribution in [0.15, 0.2) is 18.2 Å². The van der Waals surface area contributed by atoms with Crippen molar-refractivity contribution in [3.05, 3.63) is 35.1 Å². The molecule has 0 radical (unpaired) electrons. The van der Waals surface area contributed by atoms with Gasteiger partial charge in [-0.2, -0.15) is 0 Å². The van der Waals surface area contributed by atoms with E-state index in [1.165, 1.54) is 12.5 Å². The van der Waals surface area contributed by atoms with Crippen molar-refractivity contribution in [3.63, 3.8) is 0 Å². The number of carbonyl (C=O) groups excluding carboxylic acids is 1. The average molecular weight is 362 g/mol. The first kappa shape index (κ1) is 19.3. The second-order valence-electron chi connectivity index (χ2n) is 8.00. The summed E-state index contributed by atoms with van der Waals surface area (Å²) in [6.07, 6.45) is 4.85. The molecule has 26 heavy (non-hydrogen) atoms. The number of nitrogens with zero attached hydrogens (tertiary/aromatic N) is 2. The average Bonchev–Trinajstić information content (AvgIpc) is 2.63. The molecule has 4 nitrogen and oxygen atoms in total. The van der Waals surface area contributed by atoms with Crippen LogP contribution in [0.25, 0.3) is 0 Å². The molecule has 0 saturated carbocycles. The fraction of sp³-hybridized carbons (Fsp3) is 0.667. The maximum Gasteiger partial charge on any atom is 0.222 e. The van der Waals surface area contributed by atoms with E-state index in [0.717, 1.165) is 63.1 Å². The minimum Gasteiger partial charge on any atom is -0.385 e. The van der Waals surface area contributed by atoms with E-state index in [0.29, 0.717) is 13.0 Å². The Labute approximate surface area is 156 Å². The highest BCUT2D eigenvalue weighted by Crippen LogP contribution is 2.39. The summed E-state index contributed by atoms with van der Waals surface area (Å²) in [5.41, 5.74) is 2.03. The number of hydrogen-bond donors (Lipinski definition) is 0. The Kier molecular flexibility index (Phi) is 6.30. The van der Waals surface area contributed by atoms with E-state index in [4.69, 9.17) is 4.74 Å². The predicted molar refractivity (Wildman–Crippen MR) is 100 cm³/mol. The van der Waals surface area contributed by atoms with Gasteiger partial charge >= 0.3 is 0 Å². The summed E-state index contributed by atoms with van der Waals surface area (Å²) in [7, 11) is 1.70. The molecular formula is C21H31FN2O2. The summed E-state index contributed by atoms with van der Waals surface area (Å²) < 4.78 is 19.0. The SMILES string of the molecule is COCCCN1C[C@]2(CCCN(Cc3cccc(F)c3C)C2)CCC1=O. The van der Waals surface area contributed by atoms with E-state index < -0.39 is 0 Å². The van der Waals surface area contributed by atoms with Gasteiger partial charge in [-0.05, 0) is 56.3 Å². The molecule has 3 rings (SSSR count). The third-order valence-corrected chi connectivity index (χ3v) is 6.04. The van der Waals surface area contributed by atoms with Gasteiger partial charge in [-0.3, -0.25) is 9.69 Å². The van der Waals surface area contributed by atoms with Crippen LogP contribution in [0.4, 0.5) is 4.39 Å².